The van der Waals surface area contributed by atoms with Gasteiger partial charge in [-0.25, -0.2) is 32.2 Å². The van der Waals surface area contributed by atoms with Gasteiger partial charge in [0.25, 0.3) is 5.91 Å². The van der Waals surface area contributed by atoms with Gasteiger partial charge in [-0.15, -0.1) is 0 Å². The molecule has 17 heteroatoms. The second-order valence-electron chi connectivity index (χ2n) is 10.2. The van der Waals surface area contributed by atoms with Crippen LogP contribution in [0.1, 0.15) is 19.3 Å². The van der Waals surface area contributed by atoms with Crippen molar-refractivity contribution in [2.45, 2.75) is 37.7 Å². The van der Waals surface area contributed by atoms with E-state index < -0.39 is 46.0 Å². The molecule has 0 unspecified atom stereocenters. The Morgan fingerprint density at radius 1 is 1.16 bits per heavy atom. The molecule has 0 spiro atoms. The Morgan fingerprint density at radius 3 is 2.72 bits per heavy atom. The first kappa shape index (κ1) is 30.7. The highest BCUT2D eigenvalue weighted by Gasteiger charge is 2.30. The molecule has 2 aliphatic rings. The molecule has 3 N–H and O–H groups in total. The van der Waals surface area contributed by atoms with Gasteiger partial charge in [-0.2, -0.15) is 13.2 Å². The first-order chi connectivity index (χ1) is 20.4. The number of aromatic nitrogens is 3. The van der Waals surface area contributed by atoms with Crippen LogP contribution < -0.4 is 20.3 Å². The zero-order valence-electron chi connectivity index (χ0n) is 22.6. The van der Waals surface area contributed by atoms with Crippen molar-refractivity contribution in [3.63, 3.8) is 0 Å². The van der Waals surface area contributed by atoms with Gasteiger partial charge in [0.1, 0.15) is 29.6 Å². The monoisotopic (exact) mass is 629 g/mol. The molecule has 0 saturated carbocycles. The fourth-order valence-corrected chi connectivity index (χ4v) is 5.88. The minimum atomic E-state index is -4.69. The van der Waals surface area contributed by atoms with Crippen molar-refractivity contribution < 1.29 is 39.9 Å². The first-order valence-corrected chi connectivity index (χ1v) is 15.1. The van der Waals surface area contributed by atoms with Gasteiger partial charge in [0.15, 0.2) is 0 Å². The molecule has 2 atom stereocenters. The number of halogens is 5. The van der Waals surface area contributed by atoms with E-state index in [-0.39, 0.29) is 54.2 Å². The molecule has 0 radical (unpaired) electrons. The number of rotatable bonds is 8. The van der Waals surface area contributed by atoms with E-state index in [0.29, 0.717) is 37.3 Å². The SMILES string of the molecule is O=C1COCCCN1c1cc(-c2ccc(NS(=O)(=O)CCC(F)(F)F)c(F)c2)nc2cnc(N[C@@H]3CNC[C@@H](F)C3)nc12. The third kappa shape index (κ3) is 7.83. The molecule has 3 aromatic rings. The normalized spacial score (nSPS) is 20.2. The Labute approximate surface area is 243 Å². The maximum atomic E-state index is 15.0. The second kappa shape index (κ2) is 12.5. The summed E-state index contributed by atoms with van der Waals surface area (Å²) in [4.78, 5) is 27.8. The van der Waals surface area contributed by atoms with Gasteiger partial charge >= 0.3 is 6.18 Å². The van der Waals surface area contributed by atoms with Gasteiger partial charge in [-0.05, 0) is 24.6 Å². The summed E-state index contributed by atoms with van der Waals surface area (Å²) in [5.74, 6) is -2.44. The van der Waals surface area contributed by atoms with Crippen molar-refractivity contribution in [1.82, 2.24) is 20.3 Å². The van der Waals surface area contributed by atoms with E-state index in [1.165, 1.54) is 23.2 Å². The number of nitrogens with one attached hydrogen (secondary N) is 3. The van der Waals surface area contributed by atoms with Gasteiger partial charge < -0.3 is 20.3 Å². The number of alkyl halides is 4. The molecule has 11 nitrogen and oxygen atoms in total. The molecule has 1 amide bonds. The number of benzene rings is 1. The van der Waals surface area contributed by atoms with Crippen molar-refractivity contribution >= 4 is 44.3 Å². The van der Waals surface area contributed by atoms with Crippen LogP contribution in [-0.4, -0.2) is 86.3 Å². The number of amides is 1. The molecule has 2 fully saturated rings. The number of hydrogen-bond acceptors (Lipinski definition) is 9. The first-order valence-electron chi connectivity index (χ1n) is 13.4. The number of sulfonamides is 1. The summed E-state index contributed by atoms with van der Waals surface area (Å²) >= 11 is 0. The number of hydrogen-bond donors (Lipinski definition) is 3. The highest BCUT2D eigenvalue weighted by molar-refractivity contribution is 7.92. The maximum Gasteiger partial charge on any atom is 0.390 e. The number of pyridine rings is 1. The third-order valence-corrected chi connectivity index (χ3v) is 8.10. The summed E-state index contributed by atoms with van der Waals surface area (Å²) in [6.07, 6.45) is -5.09. The minimum absolute atomic E-state index is 0.168. The summed E-state index contributed by atoms with van der Waals surface area (Å²) < 4.78 is 97.7. The molecule has 2 aliphatic heterocycles. The average molecular weight is 630 g/mol. The Hall–Kier alpha value is -3.70. The smallest absolute Gasteiger partial charge is 0.372 e. The Kier molecular flexibility index (Phi) is 8.94. The number of fused-ring (bicyclic) bond motifs is 1. The van der Waals surface area contributed by atoms with Crippen LogP contribution in [0.3, 0.4) is 0 Å². The van der Waals surface area contributed by atoms with Crippen LogP contribution in [0.5, 0.6) is 0 Å². The van der Waals surface area contributed by atoms with Gasteiger partial charge in [0, 0.05) is 44.3 Å². The zero-order valence-corrected chi connectivity index (χ0v) is 23.4. The summed E-state index contributed by atoms with van der Waals surface area (Å²) in [5.41, 5.74) is 0.792. The molecule has 2 aromatic heterocycles. The number of carbonyl (C=O) groups is 1. The van der Waals surface area contributed by atoms with E-state index in [2.05, 4.69) is 25.6 Å². The molecular formula is C26H28F5N7O4S. The lowest BCUT2D eigenvalue weighted by Gasteiger charge is -2.26. The molecule has 2 saturated heterocycles. The number of piperidine rings is 1. The second-order valence-corrected chi connectivity index (χ2v) is 12.1. The van der Waals surface area contributed by atoms with E-state index in [1.807, 2.05) is 4.72 Å². The van der Waals surface area contributed by atoms with Crippen LogP contribution in [0.25, 0.3) is 22.3 Å². The molecule has 0 bridgehead atoms. The van der Waals surface area contributed by atoms with Crippen molar-refractivity contribution in [3.05, 3.63) is 36.3 Å². The zero-order chi connectivity index (χ0) is 30.8. The minimum Gasteiger partial charge on any atom is -0.372 e. The highest BCUT2D eigenvalue weighted by Crippen LogP contribution is 2.33. The molecule has 0 aliphatic carbocycles. The summed E-state index contributed by atoms with van der Waals surface area (Å²) in [5, 5.41) is 6.09. The van der Waals surface area contributed by atoms with E-state index in [9.17, 15) is 30.8 Å². The van der Waals surface area contributed by atoms with Gasteiger partial charge in [0.05, 0.1) is 35.4 Å². The van der Waals surface area contributed by atoms with Crippen molar-refractivity contribution in [3.8, 4) is 11.3 Å². The predicted molar refractivity (Wildman–Crippen MR) is 148 cm³/mol. The number of carbonyl (C=O) groups excluding carboxylic acids is 1. The van der Waals surface area contributed by atoms with E-state index in [0.717, 1.165) is 12.1 Å². The van der Waals surface area contributed by atoms with Crippen molar-refractivity contribution in [1.29, 1.82) is 0 Å². The Morgan fingerprint density at radius 2 is 1.98 bits per heavy atom. The summed E-state index contributed by atoms with van der Waals surface area (Å²) in [6, 6.07) is 4.66. The summed E-state index contributed by atoms with van der Waals surface area (Å²) in [7, 11) is -4.47. The van der Waals surface area contributed by atoms with E-state index in [1.54, 1.807) is 0 Å². The third-order valence-electron chi connectivity index (χ3n) is 6.83. The lowest BCUT2D eigenvalue weighted by atomic mass is 10.1. The molecule has 232 valence electrons. The van der Waals surface area contributed by atoms with Crippen molar-refractivity contribution in [2.75, 3.05) is 53.5 Å². The van der Waals surface area contributed by atoms with E-state index in [4.69, 9.17) is 4.74 Å². The van der Waals surface area contributed by atoms with Crippen LogP contribution in [0.15, 0.2) is 30.5 Å². The summed E-state index contributed by atoms with van der Waals surface area (Å²) in [6.45, 7) is 1.27. The topological polar surface area (TPSA) is 138 Å². The van der Waals surface area contributed by atoms with Crippen LogP contribution in [0.4, 0.5) is 39.3 Å². The predicted octanol–water partition coefficient (Wildman–Crippen LogP) is 3.39. The Bertz CT molecular complexity index is 1610. The van der Waals surface area contributed by atoms with Gasteiger partial charge in [0.2, 0.25) is 16.0 Å². The Balaban J connectivity index is 1.49. The quantitative estimate of drug-likeness (QED) is 0.320. The van der Waals surface area contributed by atoms with Crippen LogP contribution in [-0.2, 0) is 19.6 Å². The lowest BCUT2D eigenvalue weighted by Crippen LogP contribution is -2.44. The standard InChI is InChI=1S/C26H28F5N7O4S/c27-16-9-17(12-32-11-16)34-25-33-13-21-24(36-25)22(38-5-1-6-42-14-23(38)39)10-20(35-21)15-2-3-19(18(28)8-15)37-43(40,41)7-4-26(29,30)31/h2-3,8,10,13,16-17,32,37H,1,4-7,9,11-12,14H2,(H,33,34,36)/t16-,17-/m0/s1. The average Bonchev–Trinajstić information content (AvgIpc) is 3.16. The largest absolute Gasteiger partial charge is 0.390 e. The molecule has 4 heterocycles. The molecule has 43 heavy (non-hydrogen) atoms. The lowest BCUT2D eigenvalue weighted by molar-refractivity contribution is -0.130. The molecular weight excluding hydrogens is 601 g/mol. The number of ether oxygens (including phenoxy) is 1. The van der Waals surface area contributed by atoms with E-state index >= 15 is 4.39 Å². The fraction of sp³-hybridized carbons (Fsp3) is 0.462. The number of nitrogens with zero attached hydrogens (tertiary/aromatic N) is 4. The maximum absolute atomic E-state index is 15.0. The van der Waals surface area contributed by atoms with Crippen LogP contribution >= 0.6 is 0 Å². The molecule has 5 rings (SSSR count). The van der Waals surface area contributed by atoms with Crippen LogP contribution in [0.2, 0.25) is 0 Å². The highest BCUT2D eigenvalue weighted by atomic mass is 32.2. The van der Waals surface area contributed by atoms with Gasteiger partial charge in [-0.1, -0.05) is 6.07 Å². The number of anilines is 3. The van der Waals surface area contributed by atoms with Crippen LogP contribution in [0, 0.1) is 5.82 Å². The van der Waals surface area contributed by atoms with Gasteiger partial charge in [-0.3, -0.25) is 9.52 Å². The fourth-order valence-electron chi connectivity index (χ4n) is 4.78. The van der Waals surface area contributed by atoms with Crippen molar-refractivity contribution in [2.24, 2.45) is 0 Å². The molecule has 1 aromatic carbocycles.